The van der Waals surface area contributed by atoms with Gasteiger partial charge < -0.3 is 10.2 Å². The molecule has 0 radical (unpaired) electrons. The van der Waals surface area contributed by atoms with Gasteiger partial charge in [0.05, 0.1) is 25.6 Å². The average Bonchev–Trinajstić information content (AvgIpc) is 2.84. The van der Waals surface area contributed by atoms with Crippen molar-refractivity contribution in [2.75, 3.05) is 0 Å². The molecule has 0 spiro atoms. The Morgan fingerprint density at radius 3 is 2.64 bits per heavy atom. The Labute approximate surface area is 86.3 Å². The Balaban J connectivity index is 2.16. The van der Waals surface area contributed by atoms with E-state index in [0.717, 1.165) is 18.8 Å². The molecule has 0 aromatic rings. The first-order valence-electron chi connectivity index (χ1n) is 5.27. The van der Waals surface area contributed by atoms with Crippen molar-refractivity contribution in [3.63, 3.8) is 0 Å². The Kier molecular flexibility index (Phi) is 4.31. The molecular weight excluding hydrogens is 176 g/mol. The molecular formula is C12H19O2+. The summed E-state index contributed by atoms with van der Waals surface area (Å²) in [6.45, 7) is 3.81. The van der Waals surface area contributed by atoms with Gasteiger partial charge in [0.15, 0.2) is 0 Å². The third-order valence-electron chi connectivity index (χ3n) is 2.96. The van der Waals surface area contributed by atoms with Crippen LogP contribution in [-0.2, 0) is 0 Å². The van der Waals surface area contributed by atoms with Gasteiger partial charge in [-0.1, -0.05) is 0 Å². The summed E-state index contributed by atoms with van der Waals surface area (Å²) in [5, 5.41) is 19.0. The van der Waals surface area contributed by atoms with E-state index in [-0.39, 0.29) is 6.42 Å². The summed E-state index contributed by atoms with van der Waals surface area (Å²) in [6.07, 6.45) is 7.87. The number of rotatable bonds is 6. The van der Waals surface area contributed by atoms with Crippen LogP contribution in [0.2, 0.25) is 0 Å². The summed E-state index contributed by atoms with van der Waals surface area (Å²) in [5.74, 6) is 3.66. The van der Waals surface area contributed by atoms with Gasteiger partial charge in [-0.25, -0.2) is 0 Å². The number of hydrogen-bond acceptors (Lipinski definition) is 2. The minimum absolute atomic E-state index is 0.244. The van der Waals surface area contributed by atoms with Crippen LogP contribution in [0.5, 0.6) is 0 Å². The molecule has 0 aromatic heterocycles. The van der Waals surface area contributed by atoms with Crippen LogP contribution in [0, 0.1) is 31.1 Å². The monoisotopic (exact) mass is 195 g/mol. The van der Waals surface area contributed by atoms with Gasteiger partial charge >= 0.3 is 0 Å². The van der Waals surface area contributed by atoms with Crippen molar-refractivity contribution in [3.8, 4) is 12.3 Å². The second kappa shape index (κ2) is 5.29. The van der Waals surface area contributed by atoms with E-state index in [1.807, 2.05) is 0 Å². The fourth-order valence-electron chi connectivity index (χ4n) is 1.94. The SMILES string of the molecule is C#CC[C@@H](O)[C@H](O)CC1CC1CC[CH2+]. The topological polar surface area (TPSA) is 40.5 Å². The molecule has 1 saturated carbocycles. The Morgan fingerprint density at radius 2 is 2.07 bits per heavy atom. The van der Waals surface area contributed by atoms with Crippen molar-refractivity contribution >= 4 is 0 Å². The minimum Gasteiger partial charge on any atom is -0.390 e. The van der Waals surface area contributed by atoms with E-state index in [0.29, 0.717) is 12.3 Å². The standard InChI is InChI=1S/C12H19O2/c1-3-5-9-7-10(9)8-12(14)11(13)6-4-2/h2,9-14H,1,3,5-8H2/q+1/t9?,10?,11-,12-/m1/s1. The van der Waals surface area contributed by atoms with E-state index in [9.17, 15) is 10.2 Å². The van der Waals surface area contributed by atoms with Gasteiger partial charge in [-0.05, 0) is 31.1 Å². The summed E-state index contributed by atoms with van der Waals surface area (Å²) in [5.41, 5.74) is 0. The highest BCUT2D eigenvalue weighted by atomic mass is 16.3. The van der Waals surface area contributed by atoms with Crippen LogP contribution >= 0.6 is 0 Å². The predicted octanol–water partition coefficient (Wildman–Crippen LogP) is 1.37. The van der Waals surface area contributed by atoms with Crippen molar-refractivity contribution in [2.45, 2.75) is 44.3 Å². The molecule has 0 heterocycles. The second-order valence-corrected chi connectivity index (χ2v) is 4.18. The molecule has 1 aliphatic carbocycles. The molecule has 14 heavy (non-hydrogen) atoms. The molecule has 1 aliphatic rings. The van der Waals surface area contributed by atoms with Gasteiger partial charge in [0.1, 0.15) is 0 Å². The lowest BCUT2D eigenvalue weighted by molar-refractivity contribution is 0.0138. The zero-order valence-corrected chi connectivity index (χ0v) is 8.52. The van der Waals surface area contributed by atoms with E-state index < -0.39 is 12.2 Å². The highest BCUT2D eigenvalue weighted by Gasteiger charge is 2.38. The Bertz CT molecular complexity index is 207. The number of hydrogen-bond donors (Lipinski definition) is 2. The summed E-state index contributed by atoms with van der Waals surface area (Å²) in [7, 11) is 0. The number of aliphatic hydroxyl groups is 2. The third-order valence-corrected chi connectivity index (χ3v) is 2.96. The molecule has 1 rings (SSSR count). The van der Waals surface area contributed by atoms with Crippen LogP contribution in [-0.4, -0.2) is 22.4 Å². The molecule has 0 amide bonds. The van der Waals surface area contributed by atoms with Crippen LogP contribution in [0.1, 0.15) is 32.1 Å². The van der Waals surface area contributed by atoms with Gasteiger partial charge in [0.25, 0.3) is 0 Å². The maximum Gasteiger partial charge on any atom is 0.0907 e. The van der Waals surface area contributed by atoms with E-state index in [2.05, 4.69) is 12.8 Å². The second-order valence-electron chi connectivity index (χ2n) is 4.18. The van der Waals surface area contributed by atoms with E-state index in [1.165, 1.54) is 6.42 Å². The normalized spacial score (nSPS) is 29.2. The van der Waals surface area contributed by atoms with Crippen LogP contribution in [0.4, 0.5) is 0 Å². The predicted molar refractivity (Wildman–Crippen MR) is 56.3 cm³/mol. The fourth-order valence-corrected chi connectivity index (χ4v) is 1.94. The molecule has 2 N–H and O–H groups in total. The molecule has 0 aromatic carbocycles. The molecule has 0 saturated heterocycles. The smallest absolute Gasteiger partial charge is 0.0907 e. The van der Waals surface area contributed by atoms with Crippen molar-refractivity contribution in [2.24, 2.45) is 11.8 Å². The zero-order valence-electron chi connectivity index (χ0n) is 8.52. The first-order valence-corrected chi connectivity index (χ1v) is 5.27. The first kappa shape index (κ1) is 11.4. The van der Waals surface area contributed by atoms with Crippen LogP contribution in [0.25, 0.3) is 0 Å². The minimum atomic E-state index is -0.749. The van der Waals surface area contributed by atoms with Crippen molar-refractivity contribution in [3.05, 3.63) is 6.92 Å². The summed E-state index contributed by atoms with van der Waals surface area (Å²) in [6, 6.07) is 0. The molecule has 1 fully saturated rings. The van der Waals surface area contributed by atoms with Crippen molar-refractivity contribution in [1.82, 2.24) is 0 Å². The Hall–Kier alpha value is -0.650. The average molecular weight is 195 g/mol. The molecule has 0 aliphatic heterocycles. The van der Waals surface area contributed by atoms with Gasteiger partial charge in [-0.3, -0.25) is 0 Å². The summed E-state index contributed by atoms with van der Waals surface area (Å²) >= 11 is 0. The van der Waals surface area contributed by atoms with Crippen molar-refractivity contribution in [1.29, 1.82) is 0 Å². The van der Waals surface area contributed by atoms with Gasteiger partial charge in [0.2, 0.25) is 0 Å². The largest absolute Gasteiger partial charge is 0.390 e. The van der Waals surface area contributed by atoms with Crippen LogP contribution in [0.3, 0.4) is 0 Å². The molecule has 2 nitrogen and oxygen atoms in total. The van der Waals surface area contributed by atoms with E-state index >= 15 is 0 Å². The fraction of sp³-hybridized carbons (Fsp3) is 0.750. The summed E-state index contributed by atoms with van der Waals surface area (Å²) in [4.78, 5) is 0. The number of aliphatic hydroxyl groups excluding tert-OH is 2. The molecule has 2 heteroatoms. The maximum atomic E-state index is 9.58. The molecule has 0 bridgehead atoms. The van der Waals surface area contributed by atoms with Gasteiger partial charge in [0, 0.05) is 6.42 Å². The molecule has 4 atom stereocenters. The van der Waals surface area contributed by atoms with E-state index in [4.69, 9.17) is 6.42 Å². The first-order chi connectivity index (χ1) is 6.69. The highest BCUT2D eigenvalue weighted by Crippen LogP contribution is 2.45. The van der Waals surface area contributed by atoms with Gasteiger partial charge in [-0.2, -0.15) is 0 Å². The lowest BCUT2D eigenvalue weighted by atomic mass is 10.0. The third kappa shape index (κ3) is 3.25. The lowest BCUT2D eigenvalue weighted by Crippen LogP contribution is -2.26. The molecule has 2 unspecified atom stereocenters. The van der Waals surface area contributed by atoms with E-state index in [1.54, 1.807) is 0 Å². The van der Waals surface area contributed by atoms with Crippen LogP contribution < -0.4 is 0 Å². The lowest BCUT2D eigenvalue weighted by Gasteiger charge is -2.15. The zero-order chi connectivity index (χ0) is 10.6. The highest BCUT2D eigenvalue weighted by molar-refractivity contribution is 4.93. The van der Waals surface area contributed by atoms with Gasteiger partial charge in [-0.15, -0.1) is 12.3 Å². The molecule has 78 valence electrons. The Morgan fingerprint density at radius 1 is 1.36 bits per heavy atom. The maximum absolute atomic E-state index is 9.58. The quantitative estimate of drug-likeness (QED) is 0.496. The number of terminal acetylenes is 1. The van der Waals surface area contributed by atoms with Crippen LogP contribution in [0.15, 0.2) is 0 Å². The van der Waals surface area contributed by atoms with Crippen molar-refractivity contribution < 1.29 is 10.2 Å². The summed E-state index contributed by atoms with van der Waals surface area (Å²) < 4.78 is 0.